The maximum atomic E-state index is 6.06. The average molecular weight is 396 g/mol. The summed E-state index contributed by atoms with van der Waals surface area (Å²) in [5.74, 6) is 0. The predicted octanol–water partition coefficient (Wildman–Crippen LogP) is 6.22. The zero-order valence-electron chi connectivity index (χ0n) is 11.8. The third-order valence-electron chi connectivity index (χ3n) is 3.39. The molecule has 3 aromatic rings. The first-order valence-electron chi connectivity index (χ1n) is 6.78. The van der Waals surface area contributed by atoms with Gasteiger partial charge in [0.2, 0.25) is 0 Å². The normalized spacial score (nSPS) is 10.9. The molecule has 0 spiro atoms. The van der Waals surface area contributed by atoms with Crippen molar-refractivity contribution in [2.75, 3.05) is 5.32 Å². The zero-order chi connectivity index (χ0) is 15.7. The summed E-state index contributed by atoms with van der Waals surface area (Å²) in [6.45, 7) is 2.66. The molecule has 1 N–H and O–H groups in total. The summed E-state index contributed by atoms with van der Waals surface area (Å²) in [7, 11) is 0. The number of rotatable bonds is 3. The van der Waals surface area contributed by atoms with Crippen molar-refractivity contribution >= 4 is 55.7 Å². The third-order valence-corrected chi connectivity index (χ3v) is 4.76. The quantitative estimate of drug-likeness (QED) is 0.568. The number of halogens is 3. The fraction of sp³-hybridized carbons (Fsp3) is 0.118. The number of nitrogens with one attached hydrogen (secondary N) is 1. The molecule has 0 radical (unpaired) electrons. The van der Waals surface area contributed by atoms with Crippen molar-refractivity contribution in [3.8, 4) is 0 Å². The van der Waals surface area contributed by atoms with Crippen LogP contribution in [0.2, 0.25) is 10.0 Å². The summed E-state index contributed by atoms with van der Waals surface area (Å²) in [4.78, 5) is 4.59. The molecule has 0 aliphatic heterocycles. The maximum absolute atomic E-state index is 6.06. The molecule has 1 heterocycles. The van der Waals surface area contributed by atoms with E-state index in [4.69, 9.17) is 23.2 Å². The number of anilines is 1. The minimum absolute atomic E-state index is 0.569. The molecule has 22 heavy (non-hydrogen) atoms. The van der Waals surface area contributed by atoms with Gasteiger partial charge in [-0.15, -0.1) is 0 Å². The van der Waals surface area contributed by atoms with E-state index in [-0.39, 0.29) is 0 Å². The first kappa shape index (κ1) is 15.6. The number of benzene rings is 2. The van der Waals surface area contributed by atoms with Gasteiger partial charge in [-0.2, -0.15) is 0 Å². The molecule has 1 aromatic heterocycles. The zero-order valence-corrected chi connectivity index (χ0v) is 14.9. The molecule has 5 heteroatoms. The highest BCUT2D eigenvalue weighted by atomic mass is 79.9. The lowest BCUT2D eigenvalue weighted by Crippen LogP contribution is -2.01. The van der Waals surface area contributed by atoms with Crippen molar-refractivity contribution in [2.24, 2.45) is 0 Å². The van der Waals surface area contributed by atoms with Crippen LogP contribution in [0.4, 0.5) is 5.69 Å². The van der Waals surface area contributed by atoms with Crippen molar-refractivity contribution in [2.45, 2.75) is 13.5 Å². The molecule has 0 bridgehead atoms. The molecule has 112 valence electrons. The monoisotopic (exact) mass is 394 g/mol. The molecule has 2 nitrogen and oxygen atoms in total. The van der Waals surface area contributed by atoms with Crippen LogP contribution in [-0.4, -0.2) is 4.98 Å². The van der Waals surface area contributed by atoms with E-state index in [1.807, 2.05) is 43.3 Å². The Labute approximate surface area is 147 Å². The molecular weight excluding hydrogens is 383 g/mol. The van der Waals surface area contributed by atoms with Crippen LogP contribution in [-0.2, 0) is 6.54 Å². The second kappa shape index (κ2) is 6.45. The van der Waals surface area contributed by atoms with Crippen LogP contribution in [0.25, 0.3) is 10.9 Å². The number of pyridine rings is 1. The van der Waals surface area contributed by atoms with Crippen LogP contribution < -0.4 is 5.32 Å². The number of fused-ring (bicyclic) bond motifs is 1. The van der Waals surface area contributed by atoms with Gasteiger partial charge in [-0.25, -0.2) is 0 Å². The summed E-state index contributed by atoms with van der Waals surface area (Å²) in [6, 6.07) is 13.8. The Morgan fingerprint density at radius 2 is 1.91 bits per heavy atom. The van der Waals surface area contributed by atoms with Gasteiger partial charge in [-0.05, 0) is 52.7 Å². The van der Waals surface area contributed by atoms with Gasteiger partial charge < -0.3 is 5.32 Å². The van der Waals surface area contributed by atoms with E-state index < -0.39 is 0 Å². The number of hydrogen-bond donors (Lipinski definition) is 1. The molecule has 0 amide bonds. The van der Waals surface area contributed by atoms with Gasteiger partial charge in [0.15, 0.2) is 0 Å². The Bertz CT molecular complexity index is 849. The van der Waals surface area contributed by atoms with Gasteiger partial charge >= 0.3 is 0 Å². The van der Waals surface area contributed by atoms with E-state index in [2.05, 4.69) is 32.3 Å². The lowest BCUT2D eigenvalue weighted by molar-refractivity contribution is 1.14. The molecule has 0 aliphatic carbocycles. The first-order valence-corrected chi connectivity index (χ1v) is 8.33. The first-order chi connectivity index (χ1) is 10.5. The van der Waals surface area contributed by atoms with Crippen molar-refractivity contribution in [1.29, 1.82) is 0 Å². The van der Waals surface area contributed by atoms with E-state index >= 15 is 0 Å². The Balaban J connectivity index is 1.93. The molecule has 0 saturated heterocycles. The summed E-state index contributed by atoms with van der Waals surface area (Å²) in [6.07, 6.45) is 0. The number of para-hydroxylation sites is 1. The predicted molar refractivity (Wildman–Crippen MR) is 98.0 cm³/mol. The van der Waals surface area contributed by atoms with Crippen LogP contribution in [0.5, 0.6) is 0 Å². The van der Waals surface area contributed by atoms with E-state index in [9.17, 15) is 0 Å². The largest absolute Gasteiger partial charge is 0.380 e. The Kier molecular flexibility index (Phi) is 4.57. The SMILES string of the molecule is Cc1cc(NCc2ccc(Cl)c(Cl)c2)c2cccc(Br)c2n1. The Hall–Kier alpha value is -1.29. The summed E-state index contributed by atoms with van der Waals surface area (Å²) < 4.78 is 0.992. The van der Waals surface area contributed by atoms with E-state index in [0.29, 0.717) is 16.6 Å². The number of aromatic nitrogens is 1. The lowest BCUT2D eigenvalue weighted by Gasteiger charge is -2.12. The third kappa shape index (κ3) is 3.22. The van der Waals surface area contributed by atoms with Gasteiger partial charge in [0.25, 0.3) is 0 Å². The van der Waals surface area contributed by atoms with E-state index in [0.717, 1.165) is 32.3 Å². The molecular formula is C17H13BrCl2N2. The van der Waals surface area contributed by atoms with Crippen LogP contribution in [0.3, 0.4) is 0 Å². The minimum Gasteiger partial charge on any atom is -0.380 e. The Morgan fingerprint density at radius 3 is 2.68 bits per heavy atom. The highest BCUT2D eigenvalue weighted by Crippen LogP contribution is 2.29. The molecule has 0 aliphatic rings. The maximum Gasteiger partial charge on any atom is 0.0867 e. The average Bonchev–Trinajstić information content (AvgIpc) is 2.49. The highest BCUT2D eigenvalue weighted by molar-refractivity contribution is 9.10. The van der Waals surface area contributed by atoms with Gasteiger partial charge in [-0.1, -0.05) is 41.4 Å². The molecule has 2 aromatic carbocycles. The van der Waals surface area contributed by atoms with Gasteiger partial charge in [0, 0.05) is 27.8 Å². The number of aryl methyl sites for hydroxylation is 1. The highest BCUT2D eigenvalue weighted by Gasteiger charge is 2.07. The standard InChI is InChI=1S/C17H13BrCl2N2/c1-10-7-16(12-3-2-4-13(18)17(12)22-10)21-9-11-5-6-14(19)15(20)8-11/h2-8H,9H2,1H3,(H,21,22). The number of nitrogens with zero attached hydrogens (tertiary/aromatic N) is 1. The van der Waals surface area contributed by atoms with Crippen LogP contribution in [0, 0.1) is 6.92 Å². The molecule has 0 fully saturated rings. The number of hydrogen-bond acceptors (Lipinski definition) is 2. The van der Waals surface area contributed by atoms with E-state index in [1.165, 1.54) is 0 Å². The summed E-state index contributed by atoms with van der Waals surface area (Å²) in [5, 5.41) is 5.68. The second-order valence-corrected chi connectivity index (χ2v) is 6.72. The van der Waals surface area contributed by atoms with E-state index in [1.54, 1.807) is 0 Å². The molecule has 0 unspecified atom stereocenters. The van der Waals surface area contributed by atoms with Crippen molar-refractivity contribution < 1.29 is 0 Å². The Morgan fingerprint density at radius 1 is 1.09 bits per heavy atom. The van der Waals surface area contributed by atoms with Crippen molar-refractivity contribution in [1.82, 2.24) is 4.98 Å². The second-order valence-electron chi connectivity index (χ2n) is 5.05. The van der Waals surface area contributed by atoms with Gasteiger partial charge in [-0.3, -0.25) is 4.98 Å². The van der Waals surface area contributed by atoms with Crippen LogP contribution in [0.1, 0.15) is 11.3 Å². The lowest BCUT2D eigenvalue weighted by atomic mass is 10.1. The fourth-order valence-electron chi connectivity index (χ4n) is 2.33. The molecule has 3 rings (SSSR count). The topological polar surface area (TPSA) is 24.9 Å². The van der Waals surface area contributed by atoms with Crippen molar-refractivity contribution in [3.05, 3.63) is 68.2 Å². The van der Waals surface area contributed by atoms with Gasteiger partial charge in [0.1, 0.15) is 0 Å². The smallest absolute Gasteiger partial charge is 0.0867 e. The van der Waals surface area contributed by atoms with Gasteiger partial charge in [0.05, 0.1) is 15.6 Å². The van der Waals surface area contributed by atoms with Crippen LogP contribution in [0.15, 0.2) is 46.9 Å². The fourth-order valence-corrected chi connectivity index (χ4v) is 3.11. The van der Waals surface area contributed by atoms with Crippen molar-refractivity contribution in [3.63, 3.8) is 0 Å². The molecule has 0 atom stereocenters. The minimum atomic E-state index is 0.569. The molecule has 0 saturated carbocycles. The summed E-state index contributed by atoms with van der Waals surface area (Å²) >= 11 is 15.6. The van der Waals surface area contributed by atoms with Crippen LogP contribution >= 0.6 is 39.1 Å². The summed E-state index contributed by atoms with van der Waals surface area (Å²) in [5.41, 5.74) is 4.05.